The van der Waals surface area contributed by atoms with Crippen molar-refractivity contribution in [3.05, 3.63) is 140 Å². The predicted molar refractivity (Wildman–Crippen MR) is 205 cm³/mol. The van der Waals surface area contributed by atoms with E-state index in [0.29, 0.717) is 0 Å². The molecule has 3 heteroatoms. The summed E-state index contributed by atoms with van der Waals surface area (Å²) in [7, 11) is 0. The summed E-state index contributed by atoms with van der Waals surface area (Å²) in [6, 6.07) is 45.7. The fourth-order valence-electron chi connectivity index (χ4n) is 6.71. The number of nitrogens with zero attached hydrogens (tertiary/aromatic N) is 3. The Morgan fingerprint density at radius 2 is 1.13 bits per heavy atom. The summed E-state index contributed by atoms with van der Waals surface area (Å²) in [5, 5.41) is 3.62. The first-order valence-corrected chi connectivity index (χ1v) is 17.0. The summed E-state index contributed by atoms with van der Waals surface area (Å²) < 4.78 is 4.81. The topological polar surface area (TPSA) is 22.8 Å². The molecule has 0 unspecified atom stereocenters. The zero-order chi connectivity index (χ0) is 32.9. The molecule has 0 aliphatic rings. The van der Waals surface area contributed by atoms with Gasteiger partial charge in [-0.1, -0.05) is 138 Å². The van der Waals surface area contributed by atoms with Gasteiger partial charge in [0.1, 0.15) is 0 Å². The van der Waals surface area contributed by atoms with Gasteiger partial charge in [0, 0.05) is 27.5 Å². The van der Waals surface area contributed by atoms with Crippen molar-refractivity contribution in [2.24, 2.45) is 0 Å². The van der Waals surface area contributed by atoms with Gasteiger partial charge in [-0.25, -0.2) is 0 Å². The van der Waals surface area contributed by atoms with Crippen molar-refractivity contribution in [3.8, 4) is 27.9 Å². The Bertz CT molecular complexity index is 2260. The largest absolute Gasteiger partial charge is 0.312 e. The number of aromatic nitrogens is 3. The first-order chi connectivity index (χ1) is 23.2. The van der Waals surface area contributed by atoms with Gasteiger partial charge in [0.2, 0.25) is 0 Å². The molecule has 3 heterocycles. The average Bonchev–Trinajstić information content (AvgIpc) is 3.67. The molecule has 234 valence electrons. The van der Waals surface area contributed by atoms with Crippen LogP contribution in [0.5, 0.6) is 0 Å². The van der Waals surface area contributed by atoms with E-state index in [-0.39, 0.29) is 0 Å². The minimum absolute atomic E-state index is 0.976. The summed E-state index contributed by atoms with van der Waals surface area (Å²) in [6.45, 7) is 12.4. The zero-order valence-electron chi connectivity index (χ0n) is 28.3. The maximum absolute atomic E-state index is 5.17. The van der Waals surface area contributed by atoms with Crippen LogP contribution in [0.3, 0.4) is 0 Å². The number of pyridine rings is 1. The number of hydrogen-bond acceptors (Lipinski definition) is 1. The Morgan fingerprint density at radius 1 is 0.596 bits per heavy atom. The van der Waals surface area contributed by atoms with Crippen molar-refractivity contribution >= 4 is 49.4 Å². The molecule has 0 N–H and O–H groups in total. The molecule has 5 aromatic carbocycles. The third-order valence-corrected chi connectivity index (χ3v) is 8.55. The molecule has 0 aliphatic carbocycles. The van der Waals surface area contributed by atoms with Gasteiger partial charge < -0.3 is 9.13 Å². The Morgan fingerprint density at radius 3 is 1.72 bits per heavy atom. The van der Waals surface area contributed by atoms with Crippen LogP contribution in [0, 0.1) is 0 Å². The highest BCUT2D eigenvalue weighted by Crippen LogP contribution is 2.42. The molecule has 0 bridgehead atoms. The number of hydrogen-bond donors (Lipinski definition) is 0. The lowest BCUT2D eigenvalue weighted by Crippen LogP contribution is -1.97. The highest BCUT2D eigenvalue weighted by atomic mass is 15.0. The molecule has 0 saturated heterocycles. The molecule has 0 fully saturated rings. The van der Waals surface area contributed by atoms with Gasteiger partial charge in [-0.2, -0.15) is 0 Å². The molecule has 3 aromatic heterocycles. The lowest BCUT2D eigenvalue weighted by atomic mass is 9.98. The number of allylic oxidation sites excluding steroid dienone is 2. The van der Waals surface area contributed by atoms with Crippen molar-refractivity contribution < 1.29 is 0 Å². The van der Waals surface area contributed by atoms with E-state index in [9.17, 15) is 0 Å². The van der Waals surface area contributed by atoms with E-state index >= 15 is 0 Å². The van der Waals surface area contributed by atoms with Crippen molar-refractivity contribution in [2.75, 3.05) is 0 Å². The first kappa shape index (κ1) is 31.6. The molecule has 0 aliphatic heterocycles. The molecule has 3 nitrogen and oxygen atoms in total. The summed E-state index contributed by atoms with van der Waals surface area (Å²) in [5.74, 6) is 0. The molecular formula is C44H43N3. The van der Waals surface area contributed by atoms with E-state index in [1.165, 1.54) is 44.2 Å². The molecule has 47 heavy (non-hydrogen) atoms. The molecule has 0 saturated carbocycles. The third kappa shape index (κ3) is 5.53. The molecule has 8 rings (SSSR count). The zero-order valence-corrected chi connectivity index (χ0v) is 28.3. The van der Waals surface area contributed by atoms with E-state index in [2.05, 4.69) is 163 Å². The molecule has 0 radical (unpaired) electrons. The summed E-state index contributed by atoms with van der Waals surface area (Å²) in [5.41, 5.74) is 12.8. The number of fused-ring (bicyclic) bond motifs is 7. The fraction of sp³-hybridized carbons (Fsp3) is 0.159. The third-order valence-electron chi connectivity index (χ3n) is 8.55. The van der Waals surface area contributed by atoms with Crippen molar-refractivity contribution in [1.82, 2.24) is 14.1 Å². The first-order valence-electron chi connectivity index (χ1n) is 17.0. The number of para-hydroxylation sites is 2. The van der Waals surface area contributed by atoms with Crippen LogP contribution in [0.15, 0.2) is 140 Å². The van der Waals surface area contributed by atoms with Crippen LogP contribution in [-0.2, 0) is 0 Å². The monoisotopic (exact) mass is 613 g/mol. The minimum Gasteiger partial charge on any atom is -0.312 e. The molecular weight excluding hydrogens is 571 g/mol. The maximum Gasteiger partial charge on any atom is 0.0971 e. The van der Waals surface area contributed by atoms with Crippen LogP contribution in [0.4, 0.5) is 0 Å². The van der Waals surface area contributed by atoms with Crippen LogP contribution in [0.2, 0.25) is 0 Å². The molecule has 8 aromatic rings. The maximum atomic E-state index is 5.17. The summed E-state index contributed by atoms with van der Waals surface area (Å²) >= 11 is 0. The number of benzene rings is 5. The van der Waals surface area contributed by atoms with E-state index in [1.54, 1.807) is 0 Å². The normalized spacial score (nSPS) is 11.4. The second-order valence-electron chi connectivity index (χ2n) is 11.2. The van der Waals surface area contributed by atoms with E-state index in [4.69, 9.17) is 4.98 Å². The molecule has 0 amide bonds. The molecule has 0 spiro atoms. The van der Waals surface area contributed by atoms with Gasteiger partial charge in [-0.05, 0) is 65.9 Å². The van der Waals surface area contributed by atoms with Gasteiger partial charge >= 0.3 is 0 Å². The van der Waals surface area contributed by atoms with Gasteiger partial charge in [-0.3, -0.25) is 4.98 Å². The standard InChI is InChI=1S/C40H31N3.2C2H6/c1-3-14-27(2)42-35-21-12-10-19-33(35)38-37(42)26-41-39-34-20-11-13-22-36(34)43(40(38)39)32-24-30(28-15-6-4-7-16-28)23-31(25-32)29-17-8-5-9-18-29;2*1-2/h4-26H,3H2,1-2H3;2*1-2H3/b27-14+;;. The quantitative estimate of drug-likeness (QED) is 0.189. The second kappa shape index (κ2) is 13.9. The van der Waals surface area contributed by atoms with Crippen molar-refractivity contribution in [1.29, 1.82) is 0 Å². The minimum atomic E-state index is 0.976. The predicted octanol–water partition coefficient (Wildman–Crippen LogP) is 12.9. The lowest BCUT2D eigenvalue weighted by Gasteiger charge is -2.14. The lowest BCUT2D eigenvalue weighted by molar-refractivity contribution is 1.14. The van der Waals surface area contributed by atoms with Crippen molar-refractivity contribution in [2.45, 2.75) is 48.0 Å². The van der Waals surface area contributed by atoms with Crippen LogP contribution < -0.4 is 0 Å². The highest BCUT2D eigenvalue weighted by molar-refractivity contribution is 6.25. The number of rotatable bonds is 5. The average molecular weight is 614 g/mol. The summed E-state index contributed by atoms with van der Waals surface area (Å²) in [6.07, 6.45) is 5.34. The SMILES string of the molecule is CC.CC.CC/C=C(\C)n1c2ccccc2c2c1cnc1c3ccccc3n(-c3cc(-c4ccccc4)cc(-c4ccccc4)c3)c12. The van der Waals surface area contributed by atoms with Gasteiger partial charge in [0.15, 0.2) is 0 Å². The fourth-order valence-corrected chi connectivity index (χ4v) is 6.71. The second-order valence-corrected chi connectivity index (χ2v) is 11.2. The van der Waals surface area contributed by atoms with Crippen LogP contribution in [0.25, 0.3) is 77.4 Å². The van der Waals surface area contributed by atoms with Crippen LogP contribution >= 0.6 is 0 Å². The Balaban J connectivity index is 0.000000932. The Kier molecular flexibility index (Phi) is 9.35. The van der Waals surface area contributed by atoms with Gasteiger partial charge in [-0.15, -0.1) is 0 Å². The van der Waals surface area contributed by atoms with Crippen molar-refractivity contribution in [3.63, 3.8) is 0 Å². The van der Waals surface area contributed by atoms with Gasteiger partial charge in [0.25, 0.3) is 0 Å². The van der Waals surface area contributed by atoms with E-state index in [0.717, 1.165) is 39.6 Å². The Labute approximate surface area is 278 Å². The summed E-state index contributed by atoms with van der Waals surface area (Å²) in [4.78, 5) is 5.17. The van der Waals surface area contributed by atoms with E-state index < -0.39 is 0 Å². The van der Waals surface area contributed by atoms with Gasteiger partial charge in [0.05, 0.1) is 33.8 Å². The van der Waals surface area contributed by atoms with Crippen LogP contribution in [-0.4, -0.2) is 14.1 Å². The van der Waals surface area contributed by atoms with Crippen LogP contribution in [0.1, 0.15) is 48.0 Å². The van der Waals surface area contributed by atoms with E-state index in [1.807, 2.05) is 27.7 Å². The molecule has 0 atom stereocenters. The highest BCUT2D eigenvalue weighted by Gasteiger charge is 2.22. The Hall–Kier alpha value is -5.41. The smallest absolute Gasteiger partial charge is 0.0971 e.